The molecule has 0 fully saturated rings. The molecule has 1 atom stereocenters. The molecule has 0 radical (unpaired) electrons. The molecule has 0 bridgehead atoms. The monoisotopic (exact) mass is 148 g/mol. The van der Waals surface area contributed by atoms with Gasteiger partial charge in [-0.15, -0.1) is 0 Å². The van der Waals surface area contributed by atoms with Crippen LogP contribution in [0.3, 0.4) is 0 Å². The summed E-state index contributed by atoms with van der Waals surface area (Å²) < 4.78 is 9.11. The Hall–Kier alpha value is -0.610. The van der Waals surface area contributed by atoms with Gasteiger partial charge < -0.3 is 14.6 Å². The van der Waals surface area contributed by atoms with Gasteiger partial charge in [-0.1, -0.05) is 0 Å². The first kappa shape index (κ1) is 9.39. The lowest BCUT2D eigenvalue weighted by atomic mass is 10.6. The van der Waals surface area contributed by atoms with Crippen molar-refractivity contribution in [2.75, 3.05) is 13.2 Å². The van der Waals surface area contributed by atoms with Crippen LogP contribution in [0.15, 0.2) is 0 Å². The van der Waals surface area contributed by atoms with Crippen molar-refractivity contribution in [1.29, 1.82) is 0 Å². The number of rotatable bonds is 4. The van der Waals surface area contributed by atoms with E-state index in [9.17, 15) is 4.79 Å². The highest BCUT2D eigenvalue weighted by atomic mass is 16.6. The van der Waals surface area contributed by atoms with Crippen LogP contribution in [-0.4, -0.2) is 30.6 Å². The Morgan fingerprint density at radius 1 is 1.70 bits per heavy atom. The summed E-state index contributed by atoms with van der Waals surface area (Å²) in [7, 11) is 0. The first-order valence-corrected chi connectivity index (χ1v) is 3.09. The summed E-state index contributed by atoms with van der Waals surface area (Å²) in [6.45, 7) is 3.33. The first-order chi connectivity index (χ1) is 4.66. The van der Waals surface area contributed by atoms with E-state index in [0.717, 1.165) is 0 Å². The maximum absolute atomic E-state index is 10.2. The predicted octanol–water partition coefficient (Wildman–Crippen LogP) is -0.0956. The molecule has 1 unspecified atom stereocenters. The van der Waals surface area contributed by atoms with Crippen molar-refractivity contribution in [1.82, 2.24) is 0 Å². The van der Waals surface area contributed by atoms with Crippen LogP contribution in [0.5, 0.6) is 0 Å². The van der Waals surface area contributed by atoms with Crippen LogP contribution in [0.1, 0.15) is 13.8 Å². The minimum absolute atomic E-state index is 0.0941. The number of carbonyl (C=O) groups is 1. The summed E-state index contributed by atoms with van der Waals surface area (Å²) in [5, 5.41) is 8.80. The molecule has 0 rings (SSSR count). The number of aliphatic hydroxyl groups is 1. The Bertz CT molecular complexity index is 102. The van der Waals surface area contributed by atoms with Gasteiger partial charge in [0.25, 0.3) is 0 Å². The van der Waals surface area contributed by atoms with Crippen LogP contribution >= 0.6 is 0 Å². The van der Waals surface area contributed by atoms with Crippen LogP contribution < -0.4 is 0 Å². The van der Waals surface area contributed by atoms with E-state index in [4.69, 9.17) is 5.11 Å². The zero-order chi connectivity index (χ0) is 7.98. The summed E-state index contributed by atoms with van der Waals surface area (Å²) in [5.41, 5.74) is 0. The first-order valence-electron chi connectivity index (χ1n) is 3.09. The fraction of sp³-hybridized carbons (Fsp3) is 0.833. The lowest BCUT2D eigenvalue weighted by molar-refractivity contribution is -0.162. The minimum Gasteiger partial charge on any atom is -0.460 e. The molecule has 10 heavy (non-hydrogen) atoms. The zero-order valence-corrected chi connectivity index (χ0v) is 6.16. The maximum Gasteiger partial charge on any atom is 0.302 e. The fourth-order valence-electron chi connectivity index (χ4n) is 0.429. The number of hydrogen-bond acceptors (Lipinski definition) is 4. The van der Waals surface area contributed by atoms with Gasteiger partial charge in [0.05, 0.1) is 0 Å². The molecule has 60 valence electrons. The van der Waals surface area contributed by atoms with E-state index in [1.165, 1.54) is 6.92 Å². The van der Waals surface area contributed by atoms with Crippen LogP contribution in [0.4, 0.5) is 0 Å². The van der Waals surface area contributed by atoms with Gasteiger partial charge in [0.2, 0.25) is 0 Å². The fourth-order valence-corrected chi connectivity index (χ4v) is 0.429. The van der Waals surface area contributed by atoms with Gasteiger partial charge in [-0.25, -0.2) is 0 Å². The van der Waals surface area contributed by atoms with Crippen molar-refractivity contribution in [3.63, 3.8) is 0 Å². The third-order valence-corrected chi connectivity index (χ3v) is 0.788. The van der Waals surface area contributed by atoms with E-state index in [1.807, 2.05) is 0 Å². The number of hydrogen-bond donors (Lipinski definition) is 1. The van der Waals surface area contributed by atoms with Crippen LogP contribution in [-0.2, 0) is 14.3 Å². The van der Waals surface area contributed by atoms with Gasteiger partial charge in [-0.05, 0) is 6.92 Å². The van der Waals surface area contributed by atoms with Gasteiger partial charge in [-0.2, -0.15) is 0 Å². The lowest BCUT2D eigenvalue weighted by Crippen LogP contribution is -2.20. The molecule has 4 heteroatoms. The molecule has 4 nitrogen and oxygen atoms in total. The van der Waals surface area contributed by atoms with E-state index in [-0.39, 0.29) is 6.61 Å². The Morgan fingerprint density at radius 2 is 2.30 bits per heavy atom. The van der Waals surface area contributed by atoms with E-state index in [0.29, 0.717) is 6.61 Å². The second-order valence-electron chi connectivity index (χ2n) is 1.71. The summed E-state index contributed by atoms with van der Waals surface area (Å²) >= 11 is 0. The molecule has 1 N–H and O–H groups in total. The molecule has 0 saturated heterocycles. The summed E-state index contributed by atoms with van der Waals surface area (Å²) in [6, 6.07) is 0. The Kier molecular flexibility index (Phi) is 4.88. The smallest absolute Gasteiger partial charge is 0.302 e. The molecule has 0 aliphatic heterocycles. The molecule has 0 spiro atoms. The molecular weight excluding hydrogens is 136 g/mol. The Morgan fingerprint density at radius 3 is 2.70 bits per heavy atom. The van der Waals surface area contributed by atoms with Gasteiger partial charge in [0, 0.05) is 13.5 Å². The standard InChI is InChI=1S/C6H12O4/c1-3-9-6(8)4-10-5(2)7/h6,8H,3-4H2,1-2H3. The van der Waals surface area contributed by atoms with Gasteiger partial charge in [0.1, 0.15) is 6.61 Å². The van der Waals surface area contributed by atoms with Crippen molar-refractivity contribution < 1.29 is 19.4 Å². The zero-order valence-electron chi connectivity index (χ0n) is 6.16. The molecule has 0 aromatic rings. The van der Waals surface area contributed by atoms with E-state index >= 15 is 0 Å². The van der Waals surface area contributed by atoms with Gasteiger partial charge in [0.15, 0.2) is 6.29 Å². The summed E-state index contributed by atoms with van der Waals surface area (Å²) in [4.78, 5) is 10.2. The van der Waals surface area contributed by atoms with Gasteiger partial charge in [-0.3, -0.25) is 4.79 Å². The molecule has 0 aliphatic rings. The molecular formula is C6H12O4. The molecule has 0 amide bonds. The Labute approximate surface area is 59.7 Å². The van der Waals surface area contributed by atoms with Crippen molar-refractivity contribution in [2.24, 2.45) is 0 Å². The summed E-state index contributed by atoms with van der Waals surface area (Å²) in [5.74, 6) is -0.418. The van der Waals surface area contributed by atoms with Crippen molar-refractivity contribution >= 4 is 5.97 Å². The molecule has 0 aliphatic carbocycles. The lowest BCUT2D eigenvalue weighted by Gasteiger charge is -2.08. The molecule has 0 heterocycles. The topological polar surface area (TPSA) is 55.8 Å². The number of ether oxygens (including phenoxy) is 2. The summed E-state index contributed by atoms with van der Waals surface area (Å²) in [6.07, 6.45) is -0.992. The number of esters is 1. The normalized spacial score (nSPS) is 12.7. The number of aliphatic hydroxyl groups excluding tert-OH is 1. The van der Waals surface area contributed by atoms with Crippen LogP contribution in [0.2, 0.25) is 0 Å². The van der Waals surface area contributed by atoms with Crippen LogP contribution in [0, 0.1) is 0 Å². The minimum atomic E-state index is -0.992. The SMILES string of the molecule is CCOC(O)COC(C)=O. The molecule has 0 aromatic heterocycles. The quantitative estimate of drug-likeness (QED) is 0.447. The van der Waals surface area contributed by atoms with Crippen molar-refractivity contribution in [3.05, 3.63) is 0 Å². The highest BCUT2D eigenvalue weighted by molar-refractivity contribution is 5.65. The van der Waals surface area contributed by atoms with Crippen molar-refractivity contribution in [3.8, 4) is 0 Å². The van der Waals surface area contributed by atoms with Crippen LogP contribution in [0.25, 0.3) is 0 Å². The second-order valence-corrected chi connectivity index (χ2v) is 1.71. The Balaban J connectivity index is 3.21. The highest BCUT2D eigenvalue weighted by Gasteiger charge is 2.03. The van der Waals surface area contributed by atoms with E-state index in [2.05, 4.69) is 9.47 Å². The number of carbonyl (C=O) groups excluding carboxylic acids is 1. The third-order valence-electron chi connectivity index (χ3n) is 0.788. The van der Waals surface area contributed by atoms with E-state index in [1.54, 1.807) is 6.92 Å². The average molecular weight is 148 g/mol. The van der Waals surface area contributed by atoms with Gasteiger partial charge >= 0.3 is 5.97 Å². The average Bonchev–Trinajstić information content (AvgIpc) is 1.85. The largest absolute Gasteiger partial charge is 0.460 e. The van der Waals surface area contributed by atoms with Crippen molar-refractivity contribution in [2.45, 2.75) is 20.1 Å². The van der Waals surface area contributed by atoms with E-state index < -0.39 is 12.3 Å². The highest BCUT2D eigenvalue weighted by Crippen LogP contribution is 1.87. The molecule has 0 saturated carbocycles. The maximum atomic E-state index is 10.2. The third kappa shape index (κ3) is 5.53. The molecule has 0 aromatic carbocycles. The second kappa shape index (κ2) is 5.20. The predicted molar refractivity (Wildman–Crippen MR) is 34.3 cm³/mol.